The van der Waals surface area contributed by atoms with Gasteiger partial charge < -0.3 is 10.0 Å². The minimum atomic E-state index is -0.851. The summed E-state index contributed by atoms with van der Waals surface area (Å²) in [4.78, 5) is 26.9. The number of fused-ring (bicyclic) bond motifs is 1. The molecule has 21 heavy (non-hydrogen) atoms. The van der Waals surface area contributed by atoms with E-state index in [1.807, 2.05) is 20.0 Å². The Morgan fingerprint density at radius 3 is 2.95 bits per heavy atom. The Kier molecular flexibility index (Phi) is 3.44. The highest BCUT2D eigenvalue weighted by atomic mass is 32.1. The number of amides is 1. The van der Waals surface area contributed by atoms with Gasteiger partial charge in [0.15, 0.2) is 0 Å². The van der Waals surface area contributed by atoms with Crippen molar-refractivity contribution in [3.05, 3.63) is 16.6 Å². The monoisotopic (exact) mass is 307 g/mol. The molecular formula is C14H17N3O3S. The molecule has 1 amide bonds. The molecule has 7 heteroatoms. The topological polar surface area (TPSA) is 75.4 Å². The van der Waals surface area contributed by atoms with E-state index in [4.69, 9.17) is 5.11 Å². The van der Waals surface area contributed by atoms with Crippen LogP contribution in [0.2, 0.25) is 0 Å². The van der Waals surface area contributed by atoms with Crippen LogP contribution in [0.4, 0.5) is 0 Å². The second-order valence-electron chi connectivity index (χ2n) is 5.43. The number of aryl methyl sites for hydroxylation is 2. The predicted molar refractivity (Wildman–Crippen MR) is 79.6 cm³/mol. The van der Waals surface area contributed by atoms with Gasteiger partial charge in [0.1, 0.15) is 4.83 Å². The maximum absolute atomic E-state index is 12.6. The molecule has 1 unspecified atom stereocenters. The molecule has 0 aliphatic carbocycles. The third-order valence-electron chi connectivity index (χ3n) is 3.96. The van der Waals surface area contributed by atoms with E-state index in [2.05, 4.69) is 5.10 Å². The smallest absolute Gasteiger partial charge is 0.305 e. The SMILES string of the molecule is Cc1nn(C)c2sc(C(=O)N3CCCC3CC(=O)O)cc12. The number of thiophene rings is 1. The highest BCUT2D eigenvalue weighted by Crippen LogP contribution is 2.31. The standard InChI is InChI=1S/C14H17N3O3S/c1-8-10-7-11(21-14(10)16(2)15-8)13(20)17-5-3-4-9(17)6-12(18)19/h7,9H,3-6H2,1-2H3,(H,18,19). The molecule has 6 nitrogen and oxygen atoms in total. The maximum Gasteiger partial charge on any atom is 0.305 e. The van der Waals surface area contributed by atoms with E-state index in [-0.39, 0.29) is 18.4 Å². The molecule has 0 bridgehead atoms. The molecule has 112 valence electrons. The number of rotatable bonds is 3. The van der Waals surface area contributed by atoms with Gasteiger partial charge in [-0.05, 0) is 25.8 Å². The Hall–Kier alpha value is -1.89. The van der Waals surface area contributed by atoms with E-state index in [9.17, 15) is 9.59 Å². The minimum absolute atomic E-state index is 0.0250. The molecule has 1 fully saturated rings. The summed E-state index contributed by atoms with van der Waals surface area (Å²) < 4.78 is 1.78. The fourth-order valence-corrected chi connectivity index (χ4v) is 4.05. The Bertz CT molecular complexity index is 684. The first-order valence-corrected chi connectivity index (χ1v) is 7.75. The zero-order valence-electron chi connectivity index (χ0n) is 12.0. The molecule has 0 radical (unpaired) electrons. The van der Waals surface area contributed by atoms with E-state index >= 15 is 0 Å². The van der Waals surface area contributed by atoms with Gasteiger partial charge in [0.05, 0.1) is 17.0 Å². The molecule has 3 rings (SSSR count). The van der Waals surface area contributed by atoms with Crippen LogP contribution >= 0.6 is 11.3 Å². The van der Waals surface area contributed by atoms with Crippen LogP contribution < -0.4 is 0 Å². The molecule has 0 spiro atoms. The van der Waals surface area contributed by atoms with Gasteiger partial charge >= 0.3 is 5.97 Å². The first-order chi connectivity index (χ1) is 9.97. The van der Waals surface area contributed by atoms with Crippen molar-refractivity contribution in [3.63, 3.8) is 0 Å². The molecule has 2 aromatic rings. The fourth-order valence-electron chi connectivity index (χ4n) is 2.97. The van der Waals surface area contributed by atoms with Crippen LogP contribution in [-0.4, -0.2) is 44.3 Å². The maximum atomic E-state index is 12.6. The quantitative estimate of drug-likeness (QED) is 0.941. The normalized spacial score (nSPS) is 18.6. The lowest BCUT2D eigenvalue weighted by Crippen LogP contribution is -2.36. The predicted octanol–water partition coefficient (Wildman–Crippen LogP) is 2.02. The van der Waals surface area contributed by atoms with Gasteiger partial charge in [-0.3, -0.25) is 14.3 Å². The number of carboxylic acids is 1. The van der Waals surface area contributed by atoms with E-state index in [1.54, 1.807) is 9.58 Å². The van der Waals surface area contributed by atoms with E-state index in [0.29, 0.717) is 11.4 Å². The van der Waals surface area contributed by atoms with Gasteiger partial charge in [-0.2, -0.15) is 5.10 Å². The van der Waals surface area contributed by atoms with Crippen LogP contribution in [0, 0.1) is 6.92 Å². The number of carbonyl (C=O) groups is 2. The molecule has 1 saturated heterocycles. The van der Waals surface area contributed by atoms with Crippen LogP contribution in [0.1, 0.15) is 34.6 Å². The van der Waals surface area contributed by atoms with Gasteiger partial charge in [-0.25, -0.2) is 0 Å². The van der Waals surface area contributed by atoms with Crippen LogP contribution in [-0.2, 0) is 11.8 Å². The summed E-state index contributed by atoms with van der Waals surface area (Å²) in [5, 5.41) is 14.3. The summed E-state index contributed by atoms with van der Waals surface area (Å²) in [7, 11) is 1.86. The average Bonchev–Trinajstić information content (AvgIpc) is 3.07. The number of likely N-dealkylation sites (tertiary alicyclic amines) is 1. The minimum Gasteiger partial charge on any atom is -0.481 e. The summed E-state index contributed by atoms with van der Waals surface area (Å²) >= 11 is 1.42. The van der Waals surface area contributed by atoms with Crippen molar-refractivity contribution in [2.75, 3.05) is 6.54 Å². The summed E-state index contributed by atoms with van der Waals surface area (Å²) in [6.45, 7) is 2.56. The summed E-state index contributed by atoms with van der Waals surface area (Å²) in [5.74, 6) is -0.907. The lowest BCUT2D eigenvalue weighted by molar-refractivity contribution is -0.137. The molecule has 0 aromatic carbocycles. The first-order valence-electron chi connectivity index (χ1n) is 6.93. The molecule has 1 N–H and O–H groups in total. The van der Waals surface area contributed by atoms with Crippen molar-refractivity contribution in [2.45, 2.75) is 32.2 Å². The van der Waals surface area contributed by atoms with Crippen LogP contribution in [0.15, 0.2) is 6.07 Å². The van der Waals surface area contributed by atoms with Crippen molar-refractivity contribution in [1.29, 1.82) is 0 Å². The second kappa shape index (κ2) is 5.14. The lowest BCUT2D eigenvalue weighted by Gasteiger charge is -2.22. The van der Waals surface area contributed by atoms with Crippen molar-refractivity contribution in [1.82, 2.24) is 14.7 Å². The zero-order valence-corrected chi connectivity index (χ0v) is 12.8. The largest absolute Gasteiger partial charge is 0.481 e. The van der Waals surface area contributed by atoms with Gasteiger partial charge in [-0.1, -0.05) is 0 Å². The number of hydrogen-bond donors (Lipinski definition) is 1. The summed E-state index contributed by atoms with van der Waals surface area (Å²) in [6.07, 6.45) is 1.66. The number of aliphatic carboxylic acids is 1. The third kappa shape index (κ3) is 2.42. The number of carbonyl (C=O) groups excluding carboxylic acids is 1. The Morgan fingerprint density at radius 1 is 1.52 bits per heavy atom. The van der Waals surface area contributed by atoms with Crippen molar-refractivity contribution < 1.29 is 14.7 Å². The average molecular weight is 307 g/mol. The third-order valence-corrected chi connectivity index (χ3v) is 5.15. The van der Waals surface area contributed by atoms with E-state index in [1.165, 1.54) is 11.3 Å². The molecule has 1 aliphatic heterocycles. The summed E-state index contributed by atoms with van der Waals surface area (Å²) in [6, 6.07) is 1.69. The molecular weight excluding hydrogens is 290 g/mol. The van der Waals surface area contributed by atoms with Crippen molar-refractivity contribution in [3.8, 4) is 0 Å². The lowest BCUT2D eigenvalue weighted by atomic mass is 10.1. The number of aromatic nitrogens is 2. The van der Waals surface area contributed by atoms with Gasteiger partial charge in [0.2, 0.25) is 0 Å². The molecule has 1 atom stereocenters. The number of nitrogens with zero attached hydrogens (tertiary/aromatic N) is 3. The first kappa shape index (κ1) is 14.1. The Labute approximate surface area is 126 Å². The van der Waals surface area contributed by atoms with E-state index < -0.39 is 5.97 Å². The Balaban J connectivity index is 1.89. The van der Waals surface area contributed by atoms with Crippen LogP contribution in [0.3, 0.4) is 0 Å². The van der Waals surface area contributed by atoms with Gasteiger partial charge in [-0.15, -0.1) is 11.3 Å². The second-order valence-corrected chi connectivity index (χ2v) is 6.46. The number of hydrogen-bond acceptors (Lipinski definition) is 4. The van der Waals surface area contributed by atoms with Crippen LogP contribution in [0.5, 0.6) is 0 Å². The molecule has 3 heterocycles. The van der Waals surface area contributed by atoms with Gasteiger partial charge in [0.25, 0.3) is 5.91 Å². The van der Waals surface area contributed by atoms with E-state index in [0.717, 1.165) is 28.8 Å². The van der Waals surface area contributed by atoms with Gasteiger partial charge in [0, 0.05) is 25.0 Å². The van der Waals surface area contributed by atoms with Crippen molar-refractivity contribution >= 4 is 33.4 Å². The van der Waals surface area contributed by atoms with Crippen molar-refractivity contribution in [2.24, 2.45) is 7.05 Å². The zero-order chi connectivity index (χ0) is 15.1. The fraction of sp³-hybridized carbons (Fsp3) is 0.500. The molecule has 2 aromatic heterocycles. The highest BCUT2D eigenvalue weighted by molar-refractivity contribution is 7.20. The Morgan fingerprint density at radius 2 is 2.29 bits per heavy atom. The van der Waals surface area contributed by atoms with Crippen LogP contribution in [0.25, 0.3) is 10.2 Å². The summed E-state index contributed by atoms with van der Waals surface area (Å²) in [5.41, 5.74) is 0.909. The highest BCUT2D eigenvalue weighted by Gasteiger charge is 2.32. The number of carboxylic acid groups (broad SMARTS) is 1. The molecule has 0 saturated carbocycles. The molecule has 1 aliphatic rings.